The topological polar surface area (TPSA) is 54.0 Å². The lowest BCUT2D eigenvalue weighted by Crippen LogP contribution is -2.43. The van der Waals surface area contributed by atoms with Gasteiger partial charge in [-0.05, 0) is 25.8 Å². The Kier molecular flexibility index (Phi) is 4.02. The molecule has 0 aromatic heterocycles. The number of esters is 1. The van der Waals surface area contributed by atoms with Crippen molar-refractivity contribution in [3.8, 4) is 0 Å². The molecule has 2 rings (SSSR count). The van der Waals surface area contributed by atoms with E-state index in [0.717, 1.165) is 12.8 Å². The maximum Gasteiger partial charge on any atom is 0.373 e. The van der Waals surface area contributed by atoms with Crippen LogP contribution in [0.5, 0.6) is 0 Å². The molecule has 96 valence electrons. The Bertz CT molecular complexity index is 312. The van der Waals surface area contributed by atoms with Crippen LogP contribution in [0.4, 0.5) is 0 Å². The van der Waals surface area contributed by atoms with Crippen molar-refractivity contribution in [2.45, 2.75) is 32.2 Å². The molecule has 0 aromatic carbocycles. The standard InChI is InChI=1S/C12H18O5/c1-3-15-12-8-5-4-6-16-9(8)7-10(17-12)11(13)14-2/h7-9,12H,3-6H2,1-2H3/t8-,9+,12-/m1/s1. The molecular weight excluding hydrogens is 224 g/mol. The molecule has 5 heteroatoms. The van der Waals surface area contributed by atoms with Crippen molar-refractivity contribution in [2.24, 2.45) is 5.92 Å². The quantitative estimate of drug-likeness (QED) is 0.697. The zero-order valence-corrected chi connectivity index (χ0v) is 10.2. The van der Waals surface area contributed by atoms with Gasteiger partial charge in [-0.2, -0.15) is 0 Å². The summed E-state index contributed by atoms with van der Waals surface area (Å²) in [6.07, 6.45) is 3.16. The van der Waals surface area contributed by atoms with Crippen LogP contribution in [0, 0.1) is 5.92 Å². The number of ether oxygens (including phenoxy) is 4. The number of carbonyl (C=O) groups is 1. The smallest absolute Gasteiger partial charge is 0.373 e. The van der Waals surface area contributed by atoms with E-state index in [1.807, 2.05) is 6.92 Å². The Hall–Kier alpha value is -1.07. The van der Waals surface area contributed by atoms with Gasteiger partial charge in [0, 0.05) is 13.2 Å². The molecule has 1 fully saturated rings. The molecule has 0 N–H and O–H groups in total. The minimum absolute atomic E-state index is 0.108. The van der Waals surface area contributed by atoms with E-state index in [1.54, 1.807) is 6.08 Å². The summed E-state index contributed by atoms with van der Waals surface area (Å²) in [5.74, 6) is -0.131. The molecule has 5 nitrogen and oxygen atoms in total. The Morgan fingerprint density at radius 3 is 3.12 bits per heavy atom. The number of hydrogen-bond acceptors (Lipinski definition) is 5. The van der Waals surface area contributed by atoms with E-state index < -0.39 is 12.3 Å². The third kappa shape index (κ3) is 2.61. The second kappa shape index (κ2) is 5.51. The molecule has 0 aromatic rings. The van der Waals surface area contributed by atoms with Gasteiger partial charge in [0.15, 0.2) is 0 Å². The van der Waals surface area contributed by atoms with Gasteiger partial charge in [0.1, 0.15) is 0 Å². The van der Waals surface area contributed by atoms with Gasteiger partial charge >= 0.3 is 5.97 Å². The molecule has 0 bridgehead atoms. The van der Waals surface area contributed by atoms with E-state index in [1.165, 1.54) is 7.11 Å². The minimum Gasteiger partial charge on any atom is -0.463 e. The van der Waals surface area contributed by atoms with Gasteiger partial charge in [0.25, 0.3) is 0 Å². The highest BCUT2D eigenvalue weighted by Gasteiger charge is 2.39. The molecule has 3 atom stereocenters. The van der Waals surface area contributed by atoms with Crippen LogP contribution in [0.25, 0.3) is 0 Å². The third-order valence-corrected chi connectivity index (χ3v) is 3.04. The van der Waals surface area contributed by atoms with Gasteiger partial charge in [0.05, 0.1) is 19.1 Å². The first-order valence-electron chi connectivity index (χ1n) is 5.96. The van der Waals surface area contributed by atoms with Crippen molar-refractivity contribution in [3.05, 3.63) is 11.8 Å². The predicted octanol–water partition coefficient (Wildman–Crippen LogP) is 1.23. The van der Waals surface area contributed by atoms with Crippen LogP contribution >= 0.6 is 0 Å². The van der Waals surface area contributed by atoms with Crippen molar-refractivity contribution in [1.29, 1.82) is 0 Å². The van der Waals surface area contributed by atoms with E-state index in [9.17, 15) is 4.79 Å². The van der Waals surface area contributed by atoms with Crippen molar-refractivity contribution in [1.82, 2.24) is 0 Å². The average Bonchev–Trinajstić information content (AvgIpc) is 2.38. The van der Waals surface area contributed by atoms with Crippen molar-refractivity contribution in [3.63, 3.8) is 0 Å². The molecule has 0 amide bonds. The lowest BCUT2D eigenvalue weighted by atomic mass is 9.91. The van der Waals surface area contributed by atoms with Crippen LogP contribution in [0.15, 0.2) is 11.8 Å². The van der Waals surface area contributed by atoms with Crippen molar-refractivity contribution in [2.75, 3.05) is 20.3 Å². The van der Waals surface area contributed by atoms with Gasteiger partial charge in [-0.15, -0.1) is 0 Å². The number of hydrogen-bond donors (Lipinski definition) is 0. The summed E-state index contributed by atoms with van der Waals surface area (Å²) in [5, 5.41) is 0. The average molecular weight is 242 g/mol. The van der Waals surface area contributed by atoms with Gasteiger partial charge in [-0.25, -0.2) is 4.79 Å². The first-order valence-corrected chi connectivity index (χ1v) is 5.96. The lowest BCUT2D eigenvalue weighted by molar-refractivity contribution is -0.200. The minimum atomic E-state index is -0.484. The van der Waals surface area contributed by atoms with Crippen molar-refractivity contribution < 1.29 is 23.7 Å². The number of methoxy groups -OCH3 is 1. The fourth-order valence-electron chi connectivity index (χ4n) is 2.23. The highest BCUT2D eigenvalue weighted by molar-refractivity contribution is 5.86. The largest absolute Gasteiger partial charge is 0.463 e. The fourth-order valence-corrected chi connectivity index (χ4v) is 2.23. The summed E-state index contributed by atoms with van der Waals surface area (Å²) in [6, 6.07) is 0. The summed E-state index contributed by atoms with van der Waals surface area (Å²) >= 11 is 0. The third-order valence-electron chi connectivity index (χ3n) is 3.04. The Morgan fingerprint density at radius 1 is 1.59 bits per heavy atom. The first kappa shape index (κ1) is 12.4. The summed E-state index contributed by atoms with van der Waals surface area (Å²) in [6.45, 7) is 3.16. The Labute approximate surface area is 101 Å². The van der Waals surface area contributed by atoms with E-state index in [0.29, 0.717) is 13.2 Å². The summed E-state index contributed by atoms with van der Waals surface area (Å²) in [4.78, 5) is 11.5. The number of carbonyl (C=O) groups excluding carboxylic acids is 1. The van der Waals surface area contributed by atoms with Crippen LogP contribution in [0.3, 0.4) is 0 Å². The molecule has 0 unspecified atom stereocenters. The van der Waals surface area contributed by atoms with E-state index in [-0.39, 0.29) is 17.8 Å². The molecule has 0 saturated carbocycles. The second-order valence-electron chi connectivity index (χ2n) is 4.11. The van der Waals surface area contributed by atoms with Crippen LogP contribution < -0.4 is 0 Å². The van der Waals surface area contributed by atoms with Crippen LogP contribution in [-0.4, -0.2) is 38.7 Å². The Balaban J connectivity index is 2.15. The second-order valence-corrected chi connectivity index (χ2v) is 4.11. The van der Waals surface area contributed by atoms with E-state index in [2.05, 4.69) is 4.74 Å². The molecule has 0 radical (unpaired) electrons. The molecule has 17 heavy (non-hydrogen) atoms. The predicted molar refractivity (Wildman–Crippen MR) is 59.1 cm³/mol. The van der Waals surface area contributed by atoms with Gasteiger partial charge < -0.3 is 18.9 Å². The van der Waals surface area contributed by atoms with Gasteiger partial charge in [-0.3, -0.25) is 0 Å². The summed E-state index contributed by atoms with van der Waals surface area (Å²) in [5.41, 5.74) is 0. The normalized spacial score (nSPS) is 32.1. The first-order chi connectivity index (χ1) is 8.26. The van der Waals surface area contributed by atoms with Crippen LogP contribution in [0.1, 0.15) is 19.8 Å². The van der Waals surface area contributed by atoms with E-state index >= 15 is 0 Å². The molecule has 0 aliphatic carbocycles. The highest BCUT2D eigenvalue weighted by Crippen LogP contribution is 2.33. The molecule has 1 saturated heterocycles. The monoisotopic (exact) mass is 242 g/mol. The zero-order chi connectivity index (χ0) is 12.3. The molecule has 2 heterocycles. The highest BCUT2D eigenvalue weighted by atomic mass is 16.7. The zero-order valence-electron chi connectivity index (χ0n) is 10.2. The maximum atomic E-state index is 11.5. The number of rotatable bonds is 3. The van der Waals surface area contributed by atoms with Crippen LogP contribution in [-0.2, 0) is 23.7 Å². The molecule has 2 aliphatic rings. The van der Waals surface area contributed by atoms with E-state index in [4.69, 9.17) is 14.2 Å². The van der Waals surface area contributed by atoms with Crippen LogP contribution in [0.2, 0.25) is 0 Å². The van der Waals surface area contributed by atoms with Gasteiger partial charge in [-0.1, -0.05) is 0 Å². The van der Waals surface area contributed by atoms with Gasteiger partial charge in [0.2, 0.25) is 12.0 Å². The summed E-state index contributed by atoms with van der Waals surface area (Å²) in [7, 11) is 1.33. The molecular formula is C12H18O5. The Morgan fingerprint density at radius 2 is 2.41 bits per heavy atom. The number of fused-ring (bicyclic) bond motifs is 1. The molecule has 0 spiro atoms. The molecule has 2 aliphatic heterocycles. The maximum absolute atomic E-state index is 11.5. The lowest BCUT2D eigenvalue weighted by Gasteiger charge is -2.38. The fraction of sp³-hybridized carbons (Fsp3) is 0.750. The summed E-state index contributed by atoms with van der Waals surface area (Å²) < 4.78 is 21.4. The SMILES string of the molecule is CCO[C@@H]1OC(C(=O)OC)=C[C@@H]2OCCC[C@@H]12. The van der Waals surface area contributed by atoms with Crippen molar-refractivity contribution >= 4 is 5.97 Å².